The number of benzene rings is 1. The Balaban J connectivity index is 3.19. The predicted octanol–water partition coefficient (Wildman–Crippen LogP) is 4.09. The van der Waals surface area contributed by atoms with E-state index >= 15 is 0 Å². The first kappa shape index (κ1) is 11.8. The van der Waals surface area contributed by atoms with Crippen LogP contribution in [0, 0.1) is 11.6 Å². The normalized spacial score (nSPS) is 10.8. The van der Waals surface area contributed by atoms with Crippen LogP contribution < -0.4 is 4.74 Å². The minimum atomic E-state index is -3.20. The second kappa shape index (κ2) is 4.48. The van der Waals surface area contributed by atoms with Gasteiger partial charge in [0.05, 0.1) is 8.95 Å². The monoisotopic (exact) mass is 336 g/mol. The summed E-state index contributed by atoms with van der Waals surface area (Å²) < 4.78 is 52.7. The van der Waals surface area contributed by atoms with Crippen molar-refractivity contribution in [3.05, 3.63) is 26.6 Å². The van der Waals surface area contributed by atoms with Gasteiger partial charge in [0, 0.05) is 6.07 Å². The lowest BCUT2D eigenvalue weighted by Gasteiger charge is -2.08. The number of ether oxygens (including phenoxy) is 1. The molecule has 1 aromatic carbocycles. The van der Waals surface area contributed by atoms with Crippen LogP contribution in [0.25, 0.3) is 0 Å². The van der Waals surface area contributed by atoms with Crippen molar-refractivity contribution >= 4 is 31.9 Å². The van der Waals surface area contributed by atoms with E-state index in [0.29, 0.717) is 6.07 Å². The van der Waals surface area contributed by atoms with Gasteiger partial charge < -0.3 is 4.74 Å². The fraction of sp³-hybridized carbons (Fsp3) is 0.143. The number of hydrogen-bond donors (Lipinski definition) is 0. The van der Waals surface area contributed by atoms with Gasteiger partial charge in [-0.2, -0.15) is 8.78 Å². The molecular weight excluding hydrogens is 336 g/mol. The first-order valence-electron chi connectivity index (χ1n) is 3.21. The molecular formula is C7H2Br2F4O. The van der Waals surface area contributed by atoms with Gasteiger partial charge in [0.1, 0.15) is 5.82 Å². The third kappa shape index (κ3) is 2.38. The number of alkyl halides is 2. The zero-order chi connectivity index (χ0) is 10.9. The van der Waals surface area contributed by atoms with E-state index in [1.165, 1.54) is 0 Å². The molecule has 0 aliphatic heterocycles. The quantitative estimate of drug-likeness (QED) is 0.448. The minimum Gasteiger partial charge on any atom is -0.432 e. The molecule has 0 unspecified atom stereocenters. The first-order chi connectivity index (χ1) is 6.43. The largest absolute Gasteiger partial charge is 0.432 e. The van der Waals surface area contributed by atoms with Crippen molar-refractivity contribution in [3.8, 4) is 5.75 Å². The molecule has 7 heteroatoms. The van der Waals surface area contributed by atoms with Crippen LogP contribution in [0.5, 0.6) is 5.75 Å². The number of hydrogen-bond acceptors (Lipinski definition) is 1. The summed E-state index contributed by atoms with van der Waals surface area (Å²) in [5.74, 6) is -2.82. The highest BCUT2D eigenvalue weighted by molar-refractivity contribution is 9.13. The standard InChI is InChI=1S/C7H2Br2F4O/c8-4-2(10)1-3(14-7(12)13)6(11)5(4)9/h1,7H. The molecule has 1 nitrogen and oxygen atoms in total. The van der Waals surface area contributed by atoms with Crippen LogP contribution in [-0.4, -0.2) is 6.61 Å². The molecule has 0 fully saturated rings. The van der Waals surface area contributed by atoms with Crippen molar-refractivity contribution in [2.24, 2.45) is 0 Å². The van der Waals surface area contributed by atoms with Crippen molar-refractivity contribution in [1.29, 1.82) is 0 Å². The lowest BCUT2D eigenvalue weighted by Crippen LogP contribution is -2.04. The Labute approximate surface area is 93.3 Å². The molecule has 0 bridgehead atoms. The minimum absolute atomic E-state index is 0.184. The molecule has 0 amide bonds. The predicted molar refractivity (Wildman–Crippen MR) is 48.4 cm³/mol. The van der Waals surface area contributed by atoms with Gasteiger partial charge in [-0.05, 0) is 31.9 Å². The van der Waals surface area contributed by atoms with Gasteiger partial charge >= 0.3 is 6.61 Å². The van der Waals surface area contributed by atoms with Gasteiger partial charge in [0.25, 0.3) is 0 Å². The summed E-state index contributed by atoms with van der Waals surface area (Å²) in [6.45, 7) is -3.20. The molecule has 0 saturated heterocycles. The summed E-state index contributed by atoms with van der Waals surface area (Å²) in [4.78, 5) is 0. The fourth-order valence-electron chi connectivity index (χ4n) is 0.733. The fourth-order valence-corrected chi connectivity index (χ4v) is 1.41. The second-order valence-electron chi connectivity index (χ2n) is 2.18. The Bertz CT molecular complexity index is 356. The van der Waals surface area contributed by atoms with Crippen LogP contribution in [-0.2, 0) is 0 Å². The van der Waals surface area contributed by atoms with E-state index < -0.39 is 24.0 Å². The summed E-state index contributed by atoms with van der Waals surface area (Å²) in [5.41, 5.74) is 0. The molecule has 1 rings (SSSR count). The van der Waals surface area contributed by atoms with Gasteiger partial charge in [-0.3, -0.25) is 0 Å². The van der Waals surface area contributed by atoms with Gasteiger partial charge in [-0.15, -0.1) is 0 Å². The third-order valence-electron chi connectivity index (χ3n) is 1.29. The maximum Gasteiger partial charge on any atom is 0.387 e. The highest BCUT2D eigenvalue weighted by Crippen LogP contribution is 2.34. The van der Waals surface area contributed by atoms with Crippen LogP contribution in [0.15, 0.2) is 15.0 Å². The summed E-state index contributed by atoms with van der Waals surface area (Å²) in [6, 6.07) is 0.538. The van der Waals surface area contributed by atoms with E-state index in [-0.39, 0.29) is 8.95 Å². The summed E-state index contributed by atoms with van der Waals surface area (Å²) in [6.07, 6.45) is 0. The zero-order valence-electron chi connectivity index (χ0n) is 6.33. The molecule has 0 spiro atoms. The van der Waals surface area contributed by atoms with Crippen LogP contribution >= 0.6 is 31.9 Å². The molecule has 14 heavy (non-hydrogen) atoms. The average molecular weight is 338 g/mol. The Kier molecular flexibility index (Phi) is 3.77. The summed E-state index contributed by atoms with van der Waals surface area (Å²) in [7, 11) is 0. The highest BCUT2D eigenvalue weighted by Gasteiger charge is 2.18. The average Bonchev–Trinajstić information content (AvgIpc) is 2.10. The lowest BCUT2D eigenvalue weighted by molar-refractivity contribution is -0.0524. The molecule has 0 N–H and O–H groups in total. The van der Waals surface area contributed by atoms with Crippen molar-refractivity contribution in [1.82, 2.24) is 0 Å². The first-order valence-corrected chi connectivity index (χ1v) is 4.80. The van der Waals surface area contributed by atoms with Gasteiger partial charge in [-0.1, -0.05) is 0 Å². The van der Waals surface area contributed by atoms with Gasteiger partial charge in [0.15, 0.2) is 11.6 Å². The zero-order valence-corrected chi connectivity index (χ0v) is 9.50. The van der Waals surface area contributed by atoms with E-state index in [1.54, 1.807) is 0 Å². The topological polar surface area (TPSA) is 9.23 Å². The van der Waals surface area contributed by atoms with E-state index in [9.17, 15) is 17.6 Å². The van der Waals surface area contributed by atoms with Gasteiger partial charge in [-0.25, -0.2) is 8.78 Å². The molecule has 0 aliphatic carbocycles. The molecule has 78 valence electrons. The molecule has 0 radical (unpaired) electrons. The van der Waals surface area contributed by atoms with Crippen LogP contribution in [0.2, 0.25) is 0 Å². The van der Waals surface area contributed by atoms with E-state index in [0.717, 1.165) is 0 Å². The Morgan fingerprint density at radius 2 is 1.71 bits per heavy atom. The van der Waals surface area contributed by atoms with Gasteiger partial charge in [0.2, 0.25) is 0 Å². The van der Waals surface area contributed by atoms with E-state index in [2.05, 4.69) is 36.6 Å². The molecule has 0 heterocycles. The van der Waals surface area contributed by atoms with E-state index in [4.69, 9.17) is 0 Å². The molecule has 0 saturated carbocycles. The maximum absolute atomic E-state index is 13.1. The molecule has 0 aromatic heterocycles. The molecule has 1 aromatic rings. The maximum atomic E-state index is 13.1. The smallest absolute Gasteiger partial charge is 0.387 e. The molecule has 0 atom stereocenters. The lowest BCUT2D eigenvalue weighted by atomic mass is 10.3. The SMILES string of the molecule is Fc1cc(OC(F)F)c(F)c(Br)c1Br. The number of halogens is 6. The van der Waals surface area contributed by atoms with Crippen LogP contribution in [0.1, 0.15) is 0 Å². The summed E-state index contributed by atoms with van der Waals surface area (Å²) in [5, 5.41) is 0. The van der Waals surface area contributed by atoms with Crippen LogP contribution in [0.3, 0.4) is 0 Å². The molecule has 0 aliphatic rings. The second-order valence-corrected chi connectivity index (χ2v) is 3.76. The summed E-state index contributed by atoms with van der Waals surface area (Å²) >= 11 is 5.41. The van der Waals surface area contributed by atoms with Crippen molar-refractivity contribution in [2.75, 3.05) is 0 Å². The van der Waals surface area contributed by atoms with Crippen molar-refractivity contribution in [2.45, 2.75) is 6.61 Å². The Morgan fingerprint density at radius 3 is 2.21 bits per heavy atom. The number of rotatable bonds is 2. The Hall–Kier alpha value is -0.300. The van der Waals surface area contributed by atoms with E-state index in [1.807, 2.05) is 0 Å². The van der Waals surface area contributed by atoms with Crippen LogP contribution in [0.4, 0.5) is 17.6 Å². The Morgan fingerprint density at radius 1 is 1.14 bits per heavy atom. The van der Waals surface area contributed by atoms with Crippen molar-refractivity contribution < 1.29 is 22.3 Å². The third-order valence-corrected chi connectivity index (χ3v) is 3.34. The highest BCUT2D eigenvalue weighted by atomic mass is 79.9. The van der Waals surface area contributed by atoms with Crippen molar-refractivity contribution in [3.63, 3.8) is 0 Å².